The fourth-order valence-corrected chi connectivity index (χ4v) is 1.52. The second-order valence-electron chi connectivity index (χ2n) is 4.72. The molecule has 1 aliphatic carbocycles. The van der Waals surface area contributed by atoms with Crippen LogP contribution in [0.25, 0.3) is 0 Å². The van der Waals surface area contributed by atoms with Gasteiger partial charge in [-0.25, -0.2) is 9.59 Å². The van der Waals surface area contributed by atoms with Gasteiger partial charge in [0, 0.05) is 18.5 Å². The van der Waals surface area contributed by atoms with Crippen molar-refractivity contribution in [2.75, 3.05) is 0 Å². The van der Waals surface area contributed by atoms with E-state index < -0.39 is 17.9 Å². The van der Waals surface area contributed by atoms with E-state index in [2.05, 4.69) is 0 Å². The zero-order valence-electron chi connectivity index (χ0n) is 12.6. The first-order valence-corrected chi connectivity index (χ1v) is 6.91. The quantitative estimate of drug-likeness (QED) is 0.352. The standard InChI is InChI=1S/C6H14N2.C5H10O2.C2H2O4.Pt/c7-5-3-1-2-4-6(5)8;1-2-3-4-5(6)7;3-1(4)2(5)6;/h5-6H,1-4,7-8H2;2-4H2,1H3,(H,6,7);(H,3,4)(H,5,6);/q;;;+4/t5-,6-;;;/m1.../s1. The van der Waals surface area contributed by atoms with Crippen molar-refractivity contribution < 1.29 is 50.8 Å². The summed E-state index contributed by atoms with van der Waals surface area (Å²) in [6.45, 7) is 1.98. The predicted octanol–water partition coefficient (Wildman–Crippen LogP) is 0.629. The Morgan fingerprint density at radius 3 is 1.45 bits per heavy atom. The summed E-state index contributed by atoms with van der Waals surface area (Å²) in [4.78, 5) is 28.0. The van der Waals surface area contributed by atoms with Crippen LogP contribution in [0.1, 0.15) is 51.9 Å². The fourth-order valence-electron chi connectivity index (χ4n) is 1.52. The molecule has 9 heteroatoms. The zero-order valence-corrected chi connectivity index (χ0v) is 14.9. The molecule has 2 atom stereocenters. The molecule has 0 aromatic heterocycles. The van der Waals surface area contributed by atoms with Crippen LogP contribution < -0.4 is 11.5 Å². The van der Waals surface area contributed by atoms with Crippen molar-refractivity contribution in [3.63, 3.8) is 0 Å². The van der Waals surface area contributed by atoms with E-state index >= 15 is 0 Å². The topological polar surface area (TPSA) is 164 Å². The molecule has 0 amide bonds. The number of unbranched alkanes of at least 4 members (excludes halogenated alkanes) is 1. The van der Waals surface area contributed by atoms with E-state index in [1.54, 1.807) is 0 Å². The van der Waals surface area contributed by atoms with Crippen molar-refractivity contribution in [2.45, 2.75) is 64.0 Å². The van der Waals surface area contributed by atoms with Crippen molar-refractivity contribution >= 4 is 17.9 Å². The van der Waals surface area contributed by atoms with E-state index in [0.717, 1.165) is 25.7 Å². The van der Waals surface area contributed by atoms with Crippen LogP contribution in [0.4, 0.5) is 0 Å². The SMILES string of the molecule is CCCCC(=O)O.N[C@@H]1CCCC[C@H]1N.O=C(O)C(=O)O.[Pt+4]. The third-order valence-corrected chi connectivity index (χ3v) is 2.80. The fraction of sp³-hybridized carbons (Fsp3) is 0.769. The second-order valence-corrected chi connectivity index (χ2v) is 4.72. The molecule has 0 spiro atoms. The number of hydrogen-bond acceptors (Lipinski definition) is 5. The third kappa shape index (κ3) is 19.0. The van der Waals surface area contributed by atoms with Crippen LogP contribution in [0, 0.1) is 0 Å². The maximum absolute atomic E-state index is 9.76. The summed E-state index contributed by atoms with van der Waals surface area (Å²) in [5, 5.41) is 22.8. The van der Waals surface area contributed by atoms with E-state index in [1.807, 2.05) is 6.92 Å². The number of rotatable bonds is 3. The predicted molar refractivity (Wildman–Crippen MR) is 76.9 cm³/mol. The molecule has 0 bridgehead atoms. The summed E-state index contributed by atoms with van der Waals surface area (Å²) in [7, 11) is 0. The van der Waals surface area contributed by atoms with Gasteiger partial charge in [-0.2, -0.15) is 0 Å². The smallest absolute Gasteiger partial charge is 0.481 e. The summed E-state index contributed by atoms with van der Waals surface area (Å²) in [6.07, 6.45) is 6.88. The Labute approximate surface area is 144 Å². The molecule has 8 nitrogen and oxygen atoms in total. The summed E-state index contributed by atoms with van der Waals surface area (Å²) < 4.78 is 0. The molecule has 1 aliphatic rings. The Bertz CT molecular complexity index is 306. The molecule has 22 heavy (non-hydrogen) atoms. The van der Waals surface area contributed by atoms with Crippen molar-refractivity contribution in [3.8, 4) is 0 Å². The summed E-state index contributed by atoms with van der Waals surface area (Å²) in [5.41, 5.74) is 11.3. The minimum atomic E-state index is -1.82. The Morgan fingerprint density at radius 1 is 0.955 bits per heavy atom. The van der Waals surface area contributed by atoms with E-state index in [4.69, 9.17) is 36.4 Å². The van der Waals surface area contributed by atoms with Gasteiger partial charge in [-0.3, -0.25) is 4.79 Å². The molecule has 7 N–H and O–H groups in total. The largest absolute Gasteiger partial charge is 4.00 e. The van der Waals surface area contributed by atoms with Gasteiger partial charge in [-0.15, -0.1) is 0 Å². The van der Waals surface area contributed by atoms with Gasteiger partial charge < -0.3 is 26.8 Å². The van der Waals surface area contributed by atoms with Gasteiger partial charge in [0.05, 0.1) is 0 Å². The molecule has 0 radical (unpaired) electrons. The van der Waals surface area contributed by atoms with Crippen molar-refractivity contribution in [2.24, 2.45) is 11.5 Å². The minimum Gasteiger partial charge on any atom is -0.481 e. The average Bonchev–Trinajstić information content (AvgIpc) is 2.41. The first-order chi connectivity index (χ1) is 9.72. The number of carbonyl (C=O) groups is 3. The third-order valence-electron chi connectivity index (χ3n) is 2.80. The van der Waals surface area contributed by atoms with Gasteiger partial charge in [-0.1, -0.05) is 26.2 Å². The van der Waals surface area contributed by atoms with Gasteiger partial charge >= 0.3 is 39.0 Å². The number of carboxylic acids is 3. The molecule has 0 saturated heterocycles. The van der Waals surface area contributed by atoms with Crippen molar-refractivity contribution in [3.05, 3.63) is 0 Å². The van der Waals surface area contributed by atoms with Crippen molar-refractivity contribution in [1.29, 1.82) is 0 Å². The van der Waals surface area contributed by atoms with E-state index in [-0.39, 0.29) is 33.1 Å². The second kappa shape index (κ2) is 16.4. The first kappa shape index (κ1) is 25.9. The average molecular weight is 501 g/mol. The van der Waals surface area contributed by atoms with Crippen LogP contribution in [-0.4, -0.2) is 45.3 Å². The summed E-state index contributed by atoms with van der Waals surface area (Å²) in [5.74, 6) is -4.34. The Balaban J connectivity index is -0.000000244. The van der Waals surface area contributed by atoms with Crippen LogP contribution in [-0.2, 0) is 35.4 Å². The molecule has 0 unspecified atom stereocenters. The van der Waals surface area contributed by atoms with Crippen LogP contribution in [0.15, 0.2) is 0 Å². The molecule has 1 rings (SSSR count). The molecule has 130 valence electrons. The molecule has 1 fully saturated rings. The van der Waals surface area contributed by atoms with Gasteiger partial charge in [0.1, 0.15) is 0 Å². The van der Waals surface area contributed by atoms with Gasteiger partial charge in [0.2, 0.25) is 0 Å². The number of hydrogen-bond donors (Lipinski definition) is 5. The van der Waals surface area contributed by atoms with E-state index in [0.29, 0.717) is 6.42 Å². The Kier molecular flexibility index (Phi) is 19.3. The molecule has 0 heterocycles. The number of carboxylic acid groups (broad SMARTS) is 3. The molecular formula is C13H26N2O6Pt+4. The van der Waals surface area contributed by atoms with Crippen molar-refractivity contribution in [1.82, 2.24) is 0 Å². The first-order valence-electron chi connectivity index (χ1n) is 6.91. The van der Waals surface area contributed by atoms with Gasteiger partial charge in [0.15, 0.2) is 0 Å². The molecule has 0 aromatic rings. The molecule has 1 saturated carbocycles. The Hall–Kier alpha value is -0.982. The summed E-state index contributed by atoms with van der Waals surface area (Å²) in [6, 6.07) is 0.562. The van der Waals surface area contributed by atoms with Crippen LogP contribution in [0.5, 0.6) is 0 Å². The maximum atomic E-state index is 9.76. The minimum absolute atomic E-state index is 0. The number of nitrogens with two attached hydrogens (primary N) is 2. The number of aliphatic carboxylic acids is 3. The Morgan fingerprint density at radius 2 is 1.32 bits per heavy atom. The zero-order chi connectivity index (χ0) is 16.8. The van der Waals surface area contributed by atoms with Gasteiger partial charge in [0.25, 0.3) is 0 Å². The normalized spacial score (nSPS) is 19.2. The van der Waals surface area contributed by atoms with Crippen LogP contribution in [0.2, 0.25) is 0 Å². The van der Waals surface area contributed by atoms with Crippen LogP contribution in [0.3, 0.4) is 0 Å². The van der Waals surface area contributed by atoms with Crippen LogP contribution >= 0.6 is 0 Å². The molecular weight excluding hydrogens is 475 g/mol. The maximum Gasteiger partial charge on any atom is 4.00 e. The monoisotopic (exact) mass is 501 g/mol. The summed E-state index contributed by atoms with van der Waals surface area (Å²) >= 11 is 0. The molecule has 0 aromatic carbocycles. The van der Waals surface area contributed by atoms with E-state index in [1.165, 1.54) is 12.8 Å². The van der Waals surface area contributed by atoms with E-state index in [9.17, 15) is 4.79 Å². The molecule has 0 aliphatic heterocycles. The van der Waals surface area contributed by atoms with Gasteiger partial charge in [-0.05, 0) is 19.3 Å².